The van der Waals surface area contributed by atoms with E-state index in [1.54, 1.807) is 18.9 Å². The molecule has 3 aromatic rings. The van der Waals surface area contributed by atoms with Gasteiger partial charge < -0.3 is 9.72 Å². The number of rotatable bonds is 5. The summed E-state index contributed by atoms with van der Waals surface area (Å²) in [5.74, 6) is 1.52. The van der Waals surface area contributed by atoms with Crippen LogP contribution >= 0.6 is 11.8 Å². The van der Waals surface area contributed by atoms with Crippen LogP contribution in [0.3, 0.4) is 0 Å². The van der Waals surface area contributed by atoms with Crippen molar-refractivity contribution in [1.29, 1.82) is 5.26 Å². The zero-order chi connectivity index (χ0) is 19.4. The largest absolute Gasteiger partial charge is 0.496 e. The molecule has 0 radical (unpaired) electrons. The molecule has 0 aliphatic rings. The van der Waals surface area contributed by atoms with Gasteiger partial charge in [-0.1, -0.05) is 23.8 Å². The Hall–Kier alpha value is -2.97. The van der Waals surface area contributed by atoms with Crippen LogP contribution in [0.2, 0.25) is 0 Å². The van der Waals surface area contributed by atoms with Gasteiger partial charge in [0, 0.05) is 27.5 Å². The SMILES string of the molecule is COc1ccc(-c2cc(C)[nH]c(=O)c2C#N)cc1CSc1ccc(C)cc1. The maximum absolute atomic E-state index is 12.1. The highest BCUT2D eigenvalue weighted by atomic mass is 32.2. The number of aryl methyl sites for hydroxylation is 2. The van der Waals surface area contributed by atoms with Crippen LogP contribution in [0, 0.1) is 25.2 Å². The molecule has 0 unspecified atom stereocenters. The second-order valence-electron chi connectivity index (χ2n) is 6.31. The van der Waals surface area contributed by atoms with Crippen LogP contribution in [-0.4, -0.2) is 12.1 Å². The number of hydrogen-bond donors (Lipinski definition) is 1. The molecule has 136 valence electrons. The van der Waals surface area contributed by atoms with Crippen LogP contribution < -0.4 is 10.3 Å². The lowest BCUT2D eigenvalue weighted by Crippen LogP contribution is -2.12. The van der Waals surface area contributed by atoms with Crippen LogP contribution in [0.4, 0.5) is 0 Å². The first-order chi connectivity index (χ1) is 13.0. The Balaban J connectivity index is 1.98. The molecule has 0 amide bonds. The smallest absolute Gasteiger partial charge is 0.266 e. The van der Waals surface area contributed by atoms with E-state index in [-0.39, 0.29) is 11.1 Å². The van der Waals surface area contributed by atoms with Crippen molar-refractivity contribution in [1.82, 2.24) is 4.98 Å². The standard InChI is InChI=1S/C22H20N2O2S/c1-14-4-7-18(8-5-14)27-13-17-11-16(6-9-21(17)26-3)19-10-15(2)24-22(25)20(19)12-23/h4-11H,13H2,1-3H3,(H,24,25). The highest BCUT2D eigenvalue weighted by Crippen LogP contribution is 2.32. The number of nitriles is 1. The highest BCUT2D eigenvalue weighted by Gasteiger charge is 2.13. The summed E-state index contributed by atoms with van der Waals surface area (Å²) in [6, 6.07) is 18.0. The Morgan fingerprint density at radius 2 is 1.85 bits per heavy atom. The second kappa shape index (κ2) is 8.15. The van der Waals surface area contributed by atoms with Gasteiger partial charge in [0.25, 0.3) is 5.56 Å². The molecule has 4 nitrogen and oxygen atoms in total. The van der Waals surface area contributed by atoms with Crippen molar-refractivity contribution in [2.24, 2.45) is 0 Å². The molecule has 27 heavy (non-hydrogen) atoms. The minimum absolute atomic E-state index is 0.128. The molecule has 0 fully saturated rings. The van der Waals surface area contributed by atoms with Gasteiger partial charge in [0.15, 0.2) is 0 Å². The van der Waals surface area contributed by atoms with Gasteiger partial charge in [-0.25, -0.2) is 0 Å². The van der Waals surface area contributed by atoms with E-state index in [4.69, 9.17) is 4.74 Å². The lowest BCUT2D eigenvalue weighted by molar-refractivity contribution is 0.411. The molecule has 0 atom stereocenters. The summed E-state index contributed by atoms with van der Waals surface area (Å²) >= 11 is 1.72. The van der Waals surface area contributed by atoms with E-state index in [1.165, 1.54) is 10.5 Å². The van der Waals surface area contributed by atoms with Crippen molar-refractivity contribution in [3.05, 3.63) is 81.3 Å². The lowest BCUT2D eigenvalue weighted by atomic mass is 9.99. The van der Waals surface area contributed by atoms with E-state index >= 15 is 0 Å². The number of benzene rings is 2. The predicted molar refractivity (Wildman–Crippen MR) is 109 cm³/mol. The summed E-state index contributed by atoms with van der Waals surface area (Å²) in [4.78, 5) is 16.0. The number of nitrogens with zero attached hydrogens (tertiary/aromatic N) is 1. The number of nitrogens with one attached hydrogen (secondary N) is 1. The summed E-state index contributed by atoms with van der Waals surface area (Å²) in [5, 5.41) is 9.40. The Morgan fingerprint density at radius 3 is 2.52 bits per heavy atom. The normalized spacial score (nSPS) is 10.4. The number of thioether (sulfide) groups is 1. The van der Waals surface area contributed by atoms with Crippen molar-refractivity contribution in [2.75, 3.05) is 7.11 Å². The molecule has 0 aliphatic heterocycles. The Labute approximate surface area is 162 Å². The number of aromatic nitrogens is 1. The van der Waals surface area contributed by atoms with E-state index in [1.807, 2.05) is 37.3 Å². The van der Waals surface area contributed by atoms with Crippen LogP contribution in [0.15, 0.2) is 58.2 Å². The van der Waals surface area contributed by atoms with Crippen LogP contribution in [0.1, 0.15) is 22.4 Å². The molecule has 3 rings (SSSR count). The van der Waals surface area contributed by atoms with Gasteiger partial charge in [0.05, 0.1) is 7.11 Å². The number of aromatic amines is 1. The summed E-state index contributed by atoms with van der Waals surface area (Å²) in [6.45, 7) is 3.88. The Kier molecular flexibility index (Phi) is 5.68. The van der Waals surface area contributed by atoms with E-state index < -0.39 is 0 Å². The summed E-state index contributed by atoms with van der Waals surface area (Å²) in [5.41, 5.74) is 4.21. The Morgan fingerprint density at radius 1 is 1.11 bits per heavy atom. The first kappa shape index (κ1) is 18.8. The van der Waals surface area contributed by atoms with E-state index in [2.05, 4.69) is 36.2 Å². The van der Waals surface area contributed by atoms with E-state index in [0.717, 1.165) is 28.3 Å². The van der Waals surface area contributed by atoms with Crippen molar-refractivity contribution >= 4 is 11.8 Å². The lowest BCUT2D eigenvalue weighted by Gasteiger charge is -2.12. The van der Waals surface area contributed by atoms with Gasteiger partial charge in [-0.3, -0.25) is 4.79 Å². The molecule has 0 saturated heterocycles. The zero-order valence-electron chi connectivity index (χ0n) is 15.5. The fourth-order valence-corrected chi connectivity index (χ4v) is 3.76. The molecular formula is C22H20N2O2S. The molecular weight excluding hydrogens is 356 g/mol. The van der Waals surface area contributed by atoms with Crippen LogP contribution in [0.5, 0.6) is 5.75 Å². The van der Waals surface area contributed by atoms with Crippen molar-refractivity contribution in [3.8, 4) is 22.9 Å². The number of H-pyrrole nitrogens is 1. The van der Waals surface area contributed by atoms with Gasteiger partial charge in [-0.05, 0) is 49.7 Å². The van der Waals surface area contributed by atoms with Gasteiger partial charge in [-0.2, -0.15) is 5.26 Å². The second-order valence-corrected chi connectivity index (χ2v) is 7.36. The minimum atomic E-state index is -0.362. The first-order valence-corrected chi connectivity index (χ1v) is 9.51. The average Bonchev–Trinajstić information content (AvgIpc) is 2.66. The number of ether oxygens (including phenoxy) is 1. The van der Waals surface area contributed by atoms with Crippen molar-refractivity contribution in [2.45, 2.75) is 24.5 Å². The monoisotopic (exact) mass is 376 g/mol. The maximum Gasteiger partial charge on any atom is 0.266 e. The molecule has 0 aliphatic carbocycles. The third-order valence-corrected chi connectivity index (χ3v) is 5.35. The molecule has 1 heterocycles. The average molecular weight is 376 g/mol. The number of hydrogen-bond acceptors (Lipinski definition) is 4. The molecule has 5 heteroatoms. The number of methoxy groups -OCH3 is 1. The minimum Gasteiger partial charge on any atom is -0.496 e. The van der Waals surface area contributed by atoms with Gasteiger partial charge in [0.1, 0.15) is 17.4 Å². The zero-order valence-corrected chi connectivity index (χ0v) is 16.3. The molecule has 1 N–H and O–H groups in total. The molecule has 1 aromatic heterocycles. The molecule has 2 aromatic carbocycles. The number of pyridine rings is 1. The summed E-state index contributed by atoms with van der Waals surface area (Å²) in [7, 11) is 1.65. The van der Waals surface area contributed by atoms with Crippen LogP contribution in [0.25, 0.3) is 11.1 Å². The Bertz CT molecular complexity index is 1060. The first-order valence-electron chi connectivity index (χ1n) is 8.52. The van der Waals surface area contributed by atoms with Crippen molar-refractivity contribution in [3.63, 3.8) is 0 Å². The molecule has 0 bridgehead atoms. The fourth-order valence-electron chi connectivity index (χ4n) is 2.88. The van der Waals surface area contributed by atoms with Gasteiger partial charge in [-0.15, -0.1) is 11.8 Å². The van der Waals surface area contributed by atoms with E-state index in [9.17, 15) is 10.1 Å². The molecule has 0 saturated carbocycles. The van der Waals surface area contributed by atoms with E-state index in [0.29, 0.717) is 5.56 Å². The predicted octanol–water partition coefficient (Wildman–Crippen LogP) is 4.83. The topological polar surface area (TPSA) is 65.9 Å². The summed E-state index contributed by atoms with van der Waals surface area (Å²) < 4.78 is 5.50. The third kappa shape index (κ3) is 4.24. The van der Waals surface area contributed by atoms with Crippen LogP contribution in [-0.2, 0) is 5.75 Å². The van der Waals surface area contributed by atoms with Gasteiger partial charge in [0.2, 0.25) is 0 Å². The third-order valence-electron chi connectivity index (χ3n) is 4.29. The molecule has 0 spiro atoms. The van der Waals surface area contributed by atoms with Crippen molar-refractivity contribution < 1.29 is 4.74 Å². The van der Waals surface area contributed by atoms with Gasteiger partial charge >= 0.3 is 0 Å². The fraction of sp³-hybridized carbons (Fsp3) is 0.182. The quantitative estimate of drug-likeness (QED) is 0.648. The highest BCUT2D eigenvalue weighted by molar-refractivity contribution is 7.98. The maximum atomic E-state index is 12.1. The summed E-state index contributed by atoms with van der Waals surface area (Å²) in [6.07, 6.45) is 0.